The van der Waals surface area contributed by atoms with Crippen molar-refractivity contribution in [1.29, 1.82) is 0 Å². The minimum absolute atomic E-state index is 0. The van der Waals surface area contributed by atoms with Gasteiger partial charge in [0, 0.05) is 105 Å². The molecule has 0 saturated heterocycles. The fourth-order valence-corrected chi connectivity index (χ4v) is 0. The van der Waals surface area contributed by atoms with Gasteiger partial charge in [-0.25, -0.2) is 0 Å². The van der Waals surface area contributed by atoms with Crippen LogP contribution < -0.4 is 0 Å². The van der Waals surface area contributed by atoms with Crippen LogP contribution >= 0.6 is 0 Å². The van der Waals surface area contributed by atoms with Crippen molar-refractivity contribution in [1.82, 2.24) is 0 Å². The van der Waals surface area contributed by atoms with Gasteiger partial charge >= 0.3 is 0 Å². The van der Waals surface area contributed by atoms with E-state index in [2.05, 4.69) is 0 Å². The van der Waals surface area contributed by atoms with Crippen LogP contribution in [0.5, 0.6) is 0 Å². The first-order valence-corrected chi connectivity index (χ1v) is 0. The molecule has 0 aliphatic heterocycles. The average molecular weight is 545 g/mol. The molecule has 0 aromatic carbocycles. The van der Waals surface area contributed by atoms with Gasteiger partial charge in [0.15, 0.2) is 0 Å². The molecule has 29 valence electrons. The van der Waals surface area contributed by atoms with E-state index < -0.39 is 0 Å². The third-order valence-electron chi connectivity index (χ3n) is 0. The van der Waals surface area contributed by atoms with E-state index in [0.29, 0.717) is 0 Å². The molecule has 0 aliphatic rings. The second-order valence-corrected chi connectivity index (χ2v) is 0. The third kappa shape index (κ3) is 18.8. The van der Waals surface area contributed by atoms with Crippen molar-refractivity contribution in [3.63, 3.8) is 0 Å². The summed E-state index contributed by atoms with van der Waals surface area (Å²) >= 11 is 0. The molecular weight excluding hydrogens is 541 g/mol. The van der Waals surface area contributed by atoms with E-state index in [1.165, 1.54) is 0 Å². The molecule has 0 heterocycles. The summed E-state index contributed by atoms with van der Waals surface area (Å²) in [6.45, 7) is 0. The van der Waals surface area contributed by atoms with Crippen molar-refractivity contribution in [3.05, 3.63) is 0 Å². The van der Waals surface area contributed by atoms with Crippen LogP contribution in [0.15, 0.2) is 0 Å². The predicted molar refractivity (Wildman–Crippen MR) is 7.23 cm³/mol. The Hall–Kier alpha value is 3.32. The first-order chi connectivity index (χ1) is 0. The van der Waals surface area contributed by atoms with Gasteiger partial charge < -0.3 is 11.0 Å². The maximum absolute atomic E-state index is 0. The predicted octanol–water partition coefficient (Wildman–Crippen LogP) is -1.65. The molecule has 0 amide bonds. The normalized spacial score (nSPS) is 0. The van der Waals surface area contributed by atoms with Crippen molar-refractivity contribution < 1.29 is 116 Å². The molecule has 4 N–H and O–H groups in total. The minimum Gasteiger partial charge on any atom is -0.412 e. The van der Waals surface area contributed by atoms with Crippen LogP contribution in [0.25, 0.3) is 0 Å². The molecule has 0 saturated carbocycles. The standard InChI is InChI=1S/2Ac.Mn.2H2O/h;;;2*1H2. The van der Waals surface area contributed by atoms with Crippen LogP contribution in [0.2, 0.25) is 0 Å². The summed E-state index contributed by atoms with van der Waals surface area (Å²) in [5.74, 6) is 0. The molecule has 5 heteroatoms. The van der Waals surface area contributed by atoms with Gasteiger partial charge in [0.05, 0.1) is 0 Å². The SMILES string of the molecule is O.O.[Ac].[Ac].[Mn]. The van der Waals surface area contributed by atoms with Crippen LogP contribution in [-0.4, -0.2) is 11.0 Å². The largest absolute Gasteiger partial charge is 0.412 e. The van der Waals surface area contributed by atoms with E-state index in [4.69, 9.17) is 0 Å². The molecule has 0 rings (SSSR count). The Kier molecular flexibility index (Phi) is 214. The molecule has 0 aliphatic carbocycles. The van der Waals surface area contributed by atoms with E-state index in [1.54, 1.807) is 0 Å². The molecule has 5 heavy (non-hydrogen) atoms. The first-order valence-electron chi connectivity index (χ1n) is 0. The van der Waals surface area contributed by atoms with Crippen molar-refractivity contribution >= 4 is 0 Å². The Labute approximate surface area is 113 Å². The Morgan fingerprint density at radius 2 is 0.600 bits per heavy atom. The van der Waals surface area contributed by atoms with Gasteiger partial charge in [0.1, 0.15) is 0 Å². The Morgan fingerprint density at radius 1 is 0.600 bits per heavy atom. The summed E-state index contributed by atoms with van der Waals surface area (Å²) in [6.07, 6.45) is 0. The zero-order valence-corrected chi connectivity index (χ0v) is 13.2. The van der Waals surface area contributed by atoms with Crippen molar-refractivity contribution in [2.45, 2.75) is 0 Å². The van der Waals surface area contributed by atoms with E-state index in [9.17, 15) is 0 Å². The molecule has 0 atom stereocenters. The maximum Gasteiger partial charge on any atom is 0 e. The molecule has 0 fully saturated rings. The van der Waals surface area contributed by atoms with Gasteiger partial charge in [-0.1, -0.05) is 0 Å². The maximum atomic E-state index is 0. The molecule has 3 radical (unpaired) electrons. The monoisotopic (exact) mass is 545 g/mol. The van der Waals surface area contributed by atoms with Gasteiger partial charge in [-0.15, -0.1) is 0 Å². The van der Waals surface area contributed by atoms with Crippen LogP contribution in [0.1, 0.15) is 0 Å². The zero-order valence-electron chi connectivity index (χ0n) is 2.53. The average Bonchev–Trinajstić information content (AvgIpc) is 0. The zero-order chi connectivity index (χ0) is 0. The molecule has 0 aromatic heterocycles. The van der Waals surface area contributed by atoms with Crippen molar-refractivity contribution in [2.75, 3.05) is 0 Å². The summed E-state index contributed by atoms with van der Waals surface area (Å²) in [4.78, 5) is 0. The van der Waals surface area contributed by atoms with E-state index in [-0.39, 0.29) is 116 Å². The topological polar surface area (TPSA) is 63.0 Å². The minimum atomic E-state index is 0. The van der Waals surface area contributed by atoms with Gasteiger partial charge in [-0.2, -0.15) is 0 Å². The van der Waals surface area contributed by atoms with Crippen LogP contribution in [0, 0.1) is 88.1 Å². The first kappa shape index (κ1) is 40.4. The van der Waals surface area contributed by atoms with Crippen molar-refractivity contribution in [3.8, 4) is 0 Å². The molecular formula is H4Ac2MnO2. The van der Waals surface area contributed by atoms with Gasteiger partial charge in [0.2, 0.25) is 0 Å². The summed E-state index contributed by atoms with van der Waals surface area (Å²) in [7, 11) is 0. The second-order valence-electron chi connectivity index (χ2n) is 0. The molecule has 0 unspecified atom stereocenters. The smallest absolute Gasteiger partial charge is 0 e. The van der Waals surface area contributed by atoms with Gasteiger partial charge in [-0.3, -0.25) is 0 Å². The van der Waals surface area contributed by atoms with Crippen molar-refractivity contribution in [2.24, 2.45) is 0 Å². The Morgan fingerprint density at radius 3 is 0.600 bits per heavy atom. The van der Waals surface area contributed by atoms with Crippen LogP contribution in [0.4, 0.5) is 0 Å². The third-order valence-corrected chi connectivity index (χ3v) is 0. The molecule has 0 bridgehead atoms. The number of rotatable bonds is 0. The van der Waals surface area contributed by atoms with Gasteiger partial charge in [-0.05, 0) is 0 Å². The van der Waals surface area contributed by atoms with E-state index in [0.717, 1.165) is 0 Å². The Balaban J connectivity index is 0. The molecule has 2 nitrogen and oxygen atoms in total. The molecule has 0 aromatic rings. The van der Waals surface area contributed by atoms with E-state index in [1.807, 2.05) is 0 Å². The number of hydrogen-bond donors (Lipinski definition) is 0. The molecule has 0 spiro atoms. The Bertz CT molecular complexity index is 7.61. The van der Waals surface area contributed by atoms with Crippen LogP contribution in [-0.2, 0) is 17.1 Å². The van der Waals surface area contributed by atoms with Gasteiger partial charge in [0.25, 0.3) is 0 Å². The fraction of sp³-hybridized carbons (Fsp3) is 0. The fourth-order valence-electron chi connectivity index (χ4n) is 0. The summed E-state index contributed by atoms with van der Waals surface area (Å²) in [5, 5.41) is 0. The number of hydrogen-bond acceptors (Lipinski definition) is 0. The summed E-state index contributed by atoms with van der Waals surface area (Å²) in [5.41, 5.74) is 0. The van der Waals surface area contributed by atoms with Crippen LogP contribution in [0.3, 0.4) is 0 Å². The quantitative estimate of drug-likeness (QED) is 0.328. The summed E-state index contributed by atoms with van der Waals surface area (Å²) < 4.78 is 0. The van der Waals surface area contributed by atoms with E-state index >= 15 is 0 Å². The summed E-state index contributed by atoms with van der Waals surface area (Å²) in [6, 6.07) is 0. The second kappa shape index (κ2) is 26.5.